The molecule has 0 spiro atoms. The second-order valence-electron chi connectivity index (χ2n) is 4.73. The van der Waals surface area contributed by atoms with Gasteiger partial charge in [-0.2, -0.15) is 11.8 Å². The third kappa shape index (κ3) is 3.19. The number of thioether (sulfide) groups is 1. The first-order valence-corrected chi connectivity index (χ1v) is 7.61. The summed E-state index contributed by atoms with van der Waals surface area (Å²) in [7, 11) is 1.89. The minimum absolute atomic E-state index is 0.00652. The van der Waals surface area contributed by atoms with Gasteiger partial charge in [0.15, 0.2) is 0 Å². The first-order valence-electron chi connectivity index (χ1n) is 6.32. The minimum Gasteiger partial charge on any atom is -0.325 e. The van der Waals surface area contributed by atoms with Gasteiger partial charge in [-0.15, -0.1) is 0 Å². The van der Waals surface area contributed by atoms with Gasteiger partial charge in [-0.05, 0) is 37.7 Å². The Bertz CT molecular complexity index is 396. The summed E-state index contributed by atoms with van der Waals surface area (Å²) in [5.41, 5.74) is 0.855. The van der Waals surface area contributed by atoms with Crippen LogP contribution in [0.3, 0.4) is 0 Å². The molecule has 1 aliphatic rings. The van der Waals surface area contributed by atoms with Crippen LogP contribution in [0.2, 0.25) is 0 Å². The minimum atomic E-state index is -0.00652. The predicted molar refractivity (Wildman–Crippen MR) is 78.2 cm³/mol. The summed E-state index contributed by atoms with van der Waals surface area (Å²) < 4.78 is 0. The lowest BCUT2D eigenvalue weighted by Gasteiger charge is -2.25. The number of urea groups is 1. The largest absolute Gasteiger partial charge is 0.325 e. The molecular formula is C14H20N2OS. The SMILES string of the molecule is CSC1CCC(N(C)C(=O)Nc2ccccc2)C1. The average molecular weight is 264 g/mol. The van der Waals surface area contributed by atoms with Crippen molar-refractivity contribution in [1.82, 2.24) is 4.90 Å². The summed E-state index contributed by atoms with van der Waals surface area (Å²) in [5.74, 6) is 0. The summed E-state index contributed by atoms with van der Waals surface area (Å²) in [6.45, 7) is 0. The van der Waals surface area contributed by atoms with E-state index in [2.05, 4.69) is 11.6 Å². The molecule has 0 aromatic heterocycles. The molecular weight excluding hydrogens is 244 g/mol. The van der Waals surface area contributed by atoms with Crippen molar-refractivity contribution in [1.29, 1.82) is 0 Å². The Balaban J connectivity index is 1.89. The molecule has 3 nitrogen and oxygen atoms in total. The number of rotatable bonds is 3. The van der Waals surface area contributed by atoms with Crippen molar-refractivity contribution in [2.75, 3.05) is 18.6 Å². The summed E-state index contributed by atoms with van der Waals surface area (Å²) in [6, 6.07) is 9.98. The highest BCUT2D eigenvalue weighted by Gasteiger charge is 2.29. The molecule has 1 fully saturated rings. The zero-order valence-corrected chi connectivity index (χ0v) is 11.7. The van der Waals surface area contributed by atoms with E-state index in [9.17, 15) is 4.79 Å². The van der Waals surface area contributed by atoms with Crippen LogP contribution in [-0.2, 0) is 0 Å². The molecule has 1 saturated carbocycles. The Morgan fingerprint density at radius 2 is 2.06 bits per heavy atom. The van der Waals surface area contributed by atoms with E-state index in [1.165, 1.54) is 6.42 Å². The highest BCUT2D eigenvalue weighted by Crippen LogP contribution is 2.31. The molecule has 2 rings (SSSR count). The van der Waals surface area contributed by atoms with E-state index in [4.69, 9.17) is 0 Å². The van der Waals surface area contributed by atoms with Gasteiger partial charge >= 0.3 is 6.03 Å². The molecule has 4 heteroatoms. The fourth-order valence-electron chi connectivity index (χ4n) is 2.38. The number of amides is 2. The van der Waals surface area contributed by atoms with Crippen LogP contribution in [0.4, 0.5) is 10.5 Å². The van der Waals surface area contributed by atoms with Crippen LogP contribution in [0, 0.1) is 0 Å². The Kier molecular flexibility index (Phi) is 4.53. The van der Waals surface area contributed by atoms with Crippen LogP contribution in [0.25, 0.3) is 0 Å². The molecule has 98 valence electrons. The van der Waals surface area contributed by atoms with Crippen LogP contribution in [0.15, 0.2) is 30.3 Å². The Labute approximate surface area is 113 Å². The number of carbonyl (C=O) groups is 1. The van der Waals surface area contributed by atoms with Crippen molar-refractivity contribution in [3.63, 3.8) is 0 Å². The molecule has 2 atom stereocenters. The Hall–Kier alpha value is -1.16. The third-order valence-corrected chi connectivity index (χ3v) is 4.68. The molecule has 0 bridgehead atoms. The zero-order chi connectivity index (χ0) is 13.0. The lowest BCUT2D eigenvalue weighted by atomic mass is 10.2. The maximum Gasteiger partial charge on any atom is 0.321 e. The standard InChI is InChI=1S/C14H20N2OS/c1-16(12-8-9-13(10-12)18-2)14(17)15-11-6-4-3-5-7-11/h3-7,12-13H,8-10H2,1-2H3,(H,15,17). The van der Waals surface area contributed by atoms with Gasteiger partial charge in [-0.1, -0.05) is 18.2 Å². The molecule has 1 N–H and O–H groups in total. The van der Waals surface area contributed by atoms with Gasteiger partial charge in [-0.3, -0.25) is 0 Å². The number of anilines is 1. The molecule has 0 heterocycles. The van der Waals surface area contributed by atoms with Gasteiger partial charge < -0.3 is 10.2 Å². The van der Waals surface area contributed by atoms with Crippen LogP contribution >= 0.6 is 11.8 Å². The normalized spacial score (nSPS) is 22.8. The van der Waals surface area contributed by atoms with Gasteiger partial charge in [0, 0.05) is 24.0 Å². The van der Waals surface area contributed by atoms with Gasteiger partial charge in [0.2, 0.25) is 0 Å². The topological polar surface area (TPSA) is 32.3 Å². The van der Waals surface area contributed by atoms with Crippen molar-refractivity contribution in [3.05, 3.63) is 30.3 Å². The molecule has 0 saturated heterocycles. The molecule has 0 aliphatic heterocycles. The lowest BCUT2D eigenvalue weighted by Crippen LogP contribution is -2.38. The van der Waals surface area contributed by atoms with Crippen molar-refractivity contribution >= 4 is 23.5 Å². The molecule has 18 heavy (non-hydrogen) atoms. The van der Waals surface area contributed by atoms with Gasteiger partial charge in [0.1, 0.15) is 0 Å². The monoisotopic (exact) mass is 264 g/mol. The molecule has 1 aromatic rings. The summed E-state index contributed by atoms with van der Waals surface area (Å²) >= 11 is 1.91. The Morgan fingerprint density at radius 3 is 2.67 bits per heavy atom. The van der Waals surface area contributed by atoms with E-state index < -0.39 is 0 Å². The Morgan fingerprint density at radius 1 is 1.33 bits per heavy atom. The first-order chi connectivity index (χ1) is 8.70. The second kappa shape index (κ2) is 6.14. The number of nitrogens with one attached hydrogen (secondary N) is 1. The molecule has 2 unspecified atom stereocenters. The predicted octanol–water partition coefficient (Wildman–Crippen LogP) is 3.43. The van der Waals surface area contributed by atoms with Gasteiger partial charge in [0.05, 0.1) is 0 Å². The lowest BCUT2D eigenvalue weighted by molar-refractivity contribution is 0.205. The van der Waals surface area contributed by atoms with Gasteiger partial charge in [-0.25, -0.2) is 4.79 Å². The molecule has 0 radical (unpaired) electrons. The van der Waals surface area contributed by atoms with E-state index in [1.807, 2.05) is 54.0 Å². The second-order valence-corrected chi connectivity index (χ2v) is 5.87. The summed E-state index contributed by atoms with van der Waals surface area (Å²) in [5, 5.41) is 3.64. The smallest absolute Gasteiger partial charge is 0.321 e. The summed E-state index contributed by atoms with van der Waals surface area (Å²) in [6.07, 6.45) is 5.59. The fourth-order valence-corrected chi connectivity index (χ4v) is 3.17. The van der Waals surface area contributed by atoms with Crippen LogP contribution < -0.4 is 5.32 Å². The van der Waals surface area contributed by atoms with E-state index >= 15 is 0 Å². The number of carbonyl (C=O) groups excluding carboxylic acids is 1. The van der Waals surface area contributed by atoms with Crippen molar-refractivity contribution in [2.45, 2.75) is 30.6 Å². The van der Waals surface area contributed by atoms with Crippen LogP contribution in [0.1, 0.15) is 19.3 Å². The maximum absolute atomic E-state index is 12.1. The number of nitrogens with zero attached hydrogens (tertiary/aromatic N) is 1. The highest BCUT2D eigenvalue weighted by molar-refractivity contribution is 7.99. The maximum atomic E-state index is 12.1. The number of benzene rings is 1. The van der Waals surface area contributed by atoms with E-state index in [0.29, 0.717) is 11.3 Å². The van der Waals surface area contributed by atoms with E-state index in [0.717, 1.165) is 18.5 Å². The quantitative estimate of drug-likeness (QED) is 0.907. The van der Waals surface area contributed by atoms with Crippen LogP contribution in [-0.4, -0.2) is 35.5 Å². The van der Waals surface area contributed by atoms with Crippen molar-refractivity contribution in [2.24, 2.45) is 0 Å². The van der Waals surface area contributed by atoms with Crippen LogP contribution in [0.5, 0.6) is 0 Å². The highest BCUT2D eigenvalue weighted by atomic mass is 32.2. The molecule has 2 amide bonds. The average Bonchev–Trinajstić information content (AvgIpc) is 2.87. The molecule has 1 aliphatic carbocycles. The third-order valence-electron chi connectivity index (χ3n) is 3.58. The van der Waals surface area contributed by atoms with E-state index in [-0.39, 0.29) is 6.03 Å². The fraction of sp³-hybridized carbons (Fsp3) is 0.500. The summed E-state index contributed by atoms with van der Waals surface area (Å²) in [4.78, 5) is 14.0. The van der Waals surface area contributed by atoms with Crippen molar-refractivity contribution < 1.29 is 4.79 Å². The number of para-hydroxylation sites is 1. The van der Waals surface area contributed by atoms with E-state index in [1.54, 1.807) is 0 Å². The first kappa shape index (κ1) is 13.3. The molecule has 1 aromatic carbocycles. The zero-order valence-electron chi connectivity index (χ0n) is 10.9. The number of hydrogen-bond donors (Lipinski definition) is 1. The van der Waals surface area contributed by atoms with Crippen molar-refractivity contribution in [3.8, 4) is 0 Å². The number of hydrogen-bond acceptors (Lipinski definition) is 2. The van der Waals surface area contributed by atoms with Gasteiger partial charge in [0.25, 0.3) is 0 Å².